The van der Waals surface area contributed by atoms with Gasteiger partial charge in [-0.05, 0) is 29.8 Å². The normalized spacial score (nSPS) is 8.84. The molecule has 4 N–H and O–H groups in total. The van der Waals surface area contributed by atoms with Gasteiger partial charge in [-0.3, -0.25) is 0 Å². The standard InChI is InChI=1S/2C7H6O2.C6H7N/c2*8-7(9)6-4-2-1-3-5-6;7-6-4-2-1-3-5-6/h2*1-5H,(H,8,9);1-5H,7H2. The van der Waals surface area contributed by atoms with E-state index in [-0.39, 0.29) is 5.56 Å². The van der Waals surface area contributed by atoms with Gasteiger partial charge in [0.15, 0.2) is 0 Å². The number of carbonyl (C=O) groups excluding carboxylic acids is 1. The Morgan fingerprint density at radius 1 is 0.680 bits per heavy atom. The molecule has 5 heteroatoms. The van der Waals surface area contributed by atoms with Gasteiger partial charge in [0, 0.05) is 0 Å². The number of carboxylic acid groups (broad SMARTS) is 2. The van der Waals surface area contributed by atoms with E-state index in [1.807, 2.05) is 30.3 Å². The molecule has 25 heavy (non-hydrogen) atoms. The van der Waals surface area contributed by atoms with Crippen molar-refractivity contribution in [2.75, 3.05) is 0 Å². The molecular weight excluding hydrogens is 318 g/mol. The van der Waals surface area contributed by atoms with Crippen LogP contribution in [-0.4, -0.2) is 17.0 Å². The summed E-state index contributed by atoms with van der Waals surface area (Å²) in [7, 11) is 0. The first-order chi connectivity index (χ1) is 12.0. The van der Waals surface area contributed by atoms with E-state index in [4.69, 9.17) is 5.11 Å². The van der Waals surface area contributed by atoms with Gasteiger partial charge in [-0.15, -0.1) is 0 Å². The zero-order valence-corrected chi connectivity index (χ0v) is 13.5. The highest BCUT2D eigenvalue weighted by molar-refractivity contribution is 5.87. The molecule has 0 atom stereocenters. The van der Waals surface area contributed by atoms with Crippen LogP contribution < -0.4 is 10.8 Å². The van der Waals surface area contributed by atoms with Crippen molar-refractivity contribution >= 4 is 17.6 Å². The van der Waals surface area contributed by atoms with Crippen LogP contribution in [0.25, 0.3) is 0 Å². The van der Waals surface area contributed by atoms with Crippen LogP contribution in [-0.2, 0) is 0 Å². The number of hydrogen-bond donors (Lipinski definition) is 2. The van der Waals surface area contributed by atoms with E-state index in [1.54, 1.807) is 48.5 Å². The molecule has 0 amide bonds. The second-order valence-corrected chi connectivity index (χ2v) is 4.81. The van der Waals surface area contributed by atoms with E-state index < -0.39 is 11.9 Å². The SMILES string of the molecule is O=C(O)c1ccccc1.O=C([O-])c1ccccc1.[NH3+]c1ccccc1. The van der Waals surface area contributed by atoms with Crippen molar-refractivity contribution in [3.63, 3.8) is 0 Å². The second kappa shape index (κ2) is 11.2. The van der Waals surface area contributed by atoms with Crippen molar-refractivity contribution < 1.29 is 25.5 Å². The van der Waals surface area contributed by atoms with Crippen LogP contribution in [0.5, 0.6) is 0 Å². The summed E-state index contributed by atoms with van der Waals surface area (Å²) in [4.78, 5) is 20.3. The lowest BCUT2D eigenvalue weighted by molar-refractivity contribution is -0.255. The molecule has 0 aliphatic carbocycles. The van der Waals surface area contributed by atoms with Crippen LogP contribution in [0.3, 0.4) is 0 Å². The number of aromatic carboxylic acids is 2. The number of carboxylic acids is 2. The summed E-state index contributed by atoms with van der Waals surface area (Å²) in [6.07, 6.45) is 0. The first-order valence-electron chi connectivity index (χ1n) is 7.42. The average Bonchev–Trinajstić information content (AvgIpc) is 2.65. The maximum atomic E-state index is 10.2. The minimum Gasteiger partial charge on any atom is -0.545 e. The van der Waals surface area contributed by atoms with Gasteiger partial charge in [0.2, 0.25) is 0 Å². The predicted molar refractivity (Wildman–Crippen MR) is 93.2 cm³/mol. The Morgan fingerprint density at radius 2 is 1.04 bits per heavy atom. The fraction of sp³-hybridized carbons (Fsp3) is 0. The zero-order valence-electron chi connectivity index (χ0n) is 13.5. The van der Waals surface area contributed by atoms with Crippen LogP contribution in [0, 0.1) is 0 Å². The number of rotatable bonds is 2. The molecule has 0 saturated heterocycles. The van der Waals surface area contributed by atoms with E-state index in [2.05, 4.69) is 5.73 Å². The molecule has 0 saturated carbocycles. The maximum absolute atomic E-state index is 10.2. The van der Waals surface area contributed by atoms with E-state index in [0.29, 0.717) is 5.56 Å². The molecule has 0 heterocycles. The van der Waals surface area contributed by atoms with Crippen molar-refractivity contribution in [3.8, 4) is 0 Å². The summed E-state index contributed by atoms with van der Waals surface area (Å²) >= 11 is 0. The third kappa shape index (κ3) is 8.68. The van der Waals surface area contributed by atoms with E-state index >= 15 is 0 Å². The van der Waals surface area contributed by atoms with E-state index in [9.17, 15) is 14.7 Å². The Kier molecular flexibility index (Phi) is 8.75. The molecule has 3 rings (SSSR count). The third-order valence-corrected chi connectivity index (χ3v) is 2.87. The van der Waals surface area contributed by atoms with Crippen LogP contribution in [0.1, 0.15) is 20.7 Å². The first-order valence-corrected chi connectivity index (χ1v) is 7.42. The third-order valence-electron chi connectivity index (χ3n) is 2.87. The smallest absolute Gasteiger partial charge is 0.335 e. The number of quaternary nitrogens is 1. The molecule has 0 bridgehead atoms. The number of hydrogen-bond acceptors (Lipinski definition) is 3. The van der Waals surface area contributed by atoms with Crippen molar-refractivity contribution in [1.82, 2.24) is 0 Å². The van der Waals surface area contributed by atoms with Gasteiger partial charge in [0.25, 0.3) is 0 Å². The summed E-state index contributed by atoms with van der Waals surface area (Å²) in [5, 5.41) is 18.5. The maximum Gasteiger partial charge on any atom is 0.335 e. The van der Waals surface area contributed by atoms with E-state index in [0.717, 1.165) is 5.69 Å². The number of benzene rings is 3. The average molecular weight is 337 g/mol. The van der Waals surface area contributed by atoms with E-state index in [1.165, 1.54) is 12.1 Å². The Bertz CT molecular complexity index is 710. The minimum atomic E-state index is -1.13. The van der Waals surface area contributed by atoms with Crippen LogP contribution in [0.4, 0.5) is 5.69 Å². The topological polar surface area (TPSA) is 105 Å². The quantitative estimate of drug-likeness (QED) is 0.746. The first kappa shape index (κ1) is 19.6. The molecule has 0 radical (unpaired) electrons. The minimum absolute atomic E-state index is 0.220. The molecule has 128 valence electrons. The molecule has 0 fully saturated rings. The van der Waals surface area contributed by atoms with Gasteiger partial charge in [0.05, 0.1) is 11.5 Å². The number of carbonyl (C=O) groups is 2. The van der Waals surface area contributed by atoms with Crippen molar-refractivity contribution in [1.29, 1.82) is 0 Å². The fourth-order valence-electron chi connectivity index (χ4n) is 1.63. The molecular formula is C20H19NO4. The fourth-order valence-corrected chi connectivity index (χ4v) is 1.63. The Hall–Kier alpha value is -3.44. The molecule has 5 nitrogen and oxygen atoms in total. The monoisotopic (exact) mass is 337 g/mol. The predicted octanol–water partition coefficient (Wildman–Crippen LogP) is 1.99. The Labute approximate surface area is 146 Å². The van der Waals surface area contributed by atoms with Gasteiger partial charge < -0.3 is 20.7 Å². The van der Waals surface area contributed by atoms with Gasteiger partial charge in [-0.25, -0.2) is 4.79 Å². The molecule has 0 spiro atoms. The molecule has 3 aromatic carbocycles. The second-order valence-electron chi connectivity index (χ2n) is 4.81. The summed E-state index contributed by atoms with van der Waals surface area (Å²) < 4.78 is 0. The highest BCUT2D eigenvalue weighted by atomic mass is 16.4. The molecule has 3 aromatic rings. The highest BCUT2D eigenvalue weighted by Crippen LogP contribution is 1.96. The lowest BCUT2D eigenvalue weighted by Crippen LogP contribution is -2.39. The van der Waals surface area contributed by atoms with Crippen molar-refractivity contribution in [2.24, 2.45) is 0 Å². The van der Waals surface area contributed by atoms with Gasteiger partial charge in [0.1, 0.15) is 5.69 Å². The lowest BCUT2D eigenvalue weighted by Gasteiger charge is -1.97. The largest absolute Gasteiger partial charge is 0.545 e. The van der Waals surface area contributed by atoms with Crippen LogP contribution >= 0.6 is 0 Å². The van der Waals surface area contributed by atoms with Gasteiger partial charge in [-0.2, -0.15) is 0 Å². The van der Waals surface area contributed by atoms with Gasteiger partial charge >= 0.3 is 5.97 Å². The van der Waals surface area contributed by atoms with Crippen LogP contribution in [0.15, 0.2) is 91.0 Å². The lowest BCUT2D eigenvalue weighted by atomic mass is 10.2. The summed E-state index contributed by atoms with van der Waals surface area (Å²) in [6, 6.07) is 26.2. The van der Waals surface area contributed by atoms with Crippen molar-refractivity contribution in [2.45, 2.75) is 0 Å². The highest BCUT2D eigenvalue weighted by Gasteiger charge is 1.96. The Morgan fingerprint density at radius 3 is 1.24 bits per heavy atom. The van der Waals surface area contributed by atoms with Gasteiger partial charge in [-0.1, -0.05) is 66.7 Å². The molecule has 0 unspecified atom stereocenters. The summed E-state index contributed by atoms with van der Waals surface area (Å²) in [5.41, 5.74) is 5.34. The molecule has 0 aliphatic heterocycles. The summed E-state index contributed by atoms with van der Waals surface area (Å²) in [6.45, 7) is 0. The van der Waals surface area contributed by atoms with Crippen LogP contribution in [0.2, 0.25) is 0 Å². The zero-order chi connectivity index (χ0) is 18.5. The molecule has 0 aliphatic rings. The Balaban J connectivity index is 0.000000189. The molecule has 0 aromatic heterocycles. The summed E-state index contributed by atoms with van der Waals surface area (Å²) in [5.74, 6) is -2.01. The van der Waals surface area contributed by atoms with Crippen molar-refractivity contribution in [3.05, 3.63) is 102 Å².